The Labute approximate surface area is 154 Å². The van der Waals surface area contributed by atoms with Gasteiger partial charge >= 0.3 is 0 Å². The van der Waals surface area contributed by atoms with E-state index in [0.29, 0.717) is 30.9 Å². The number of halogens is 3. The molecule has 1 aliphatic rings. The Balaban J connectivity index is 1.90. The van der Waals surface area contributed by atoms with Gasteiger partial charge in [-0.2, -0.15) is 0 Å². The van der Waals surface area contributed by atoms with Crippen LogP contribution in [0.3, 0.4) is 0 Å². The quantitative estimate of drug-likeness (QED) is 0.483. The van der Waals surface area contributed by atoms with Crippen molar-refractivity contribution in [3.05, 3.63) is 63.1 Å². The molecular formula is C18H19F3N4O2. The molecule has 2 heterocycles. The lowest BCUT2D eigenvalue weighted by Gasteiger charge is -2.28. The van der Waals surface area contributed by atoms with E-state index in [1.807, 2.05) is 11.8 Å². The Morgan fingerprint density at radius 3 is 2.52 bits per heavy atom. The molecule has 0 spiro atoms. The van der Waals surface area contributed by atoms with Gasteiger partial charge in [-0.25, -0.2) is 18.2 Å². The summed E-state index contributed by atoms with van der Waals surface area (Å²) in [6.45, 7) is 4.81. The third-order valence-corrected chi connectivity index (χ3v) is 4.84. The van der Waals surface area contributed by atoms with E-state index in [2.05, 4.69) is 10.3 Å². The van der Waals surface area contributed by atoms with Gasteiger partial charge in [-0.1, -0.05) is 6.92 Å². The lowest BCUT2D eigenvalue weighted by Crippen LogP contribution is -2.31. The van der Waals surface area contributed by atoms with Gasteiger partial charge in [0.15, 0.2) is 17.5 Å². The standard InChI is InChI=1S/C18H19F3N4O2/c1-3-24-7-6-14(18(24)11-8-12(19)17(21)13(20)9-11)23-16-5-4-15(25(26)27)10(2)22-16/h4-5,8-9,14,18H,3,6-7H2,1-2H3,(H,22,23). The van der Waals surface area contributed by atoms with Crippen molar-refractivity contribution in [1.82, 2.24) is 9.88 Å². The van der Waals surface area contributed by atoms with Crippen LogP contribution in [0.25, 0.3) is 0 Å². The summed E-state index contributed by atoms with van der Waals surface area (Å²) in [7, 11) is 0. The number of pyridine rings is 1. The molecular weight excluding hydrogens is 361 g/mol. The van der Waals surface area contributed by atoms with Crippen molar-refractivity contribution in [3.8, 4) is 0 Å². The van der Waals surface area contributed by atoms with Crippen LogP contribution in [0.15, 0.2) is 24.3 Å². The minimum absolute atomic E-state index is 0.0821. The Morgan fingerprint density at radius 1 is 1.30 bits per heavy atom. The number of nitrogens with zero attached hydrogens (tertiary/aromatic N) is 3. The van der Waals surface area contributed by atoms with Crippen LogP contribution in [0.5, 0.6) is 0 Å². The number of likely N-dealkylation sites (N-methyl/N-ethyl adjacent to an activating group) is 1. The van der Waals surface area contributed by atoms with E-state index in [9.17, 15) is 23.3 Å². The summed E-state index contributed by atoms with van der Waals surface area (Å²) in [6, 6.07) is 4.28. The van der Waals surface area contributed by atoms with E-state index in [4.69, 9.17) is 0 Å². The summed E-state index contributed by atoms with van der Waals surface area (Å²) in [5, 5.41) is 14.1. The average Bonchev–Trinajstić information content (AvgIpc) is 3.01. The summed E-state index contributed by atoms with van der Waals surface area (Å²) in [6.07, 6.45) is 0.677. The fraction of sp³-hybridized carbons (Fsp3) is 0.389. The largest absolute Gasteiger partial charge is 0.365 e. The second kappa shape index (κ2) is 7.51. The molecule has 2 unspecified atom stereocenters. The summed E-state index contributed by atoms with van der Waals surface area (Å²) >= 11 is 0. The van der Waals surface area contributed by atoms with Crippen molar-refractivity contribution < 1.29 is 18.1 Å². The maximum atomic E-state index is 13.7. The van der Waals surface area contributed by atoms with Crippen molar-refractivity contribution in [1.29, 1.82) is 0 Å². The van der Waals surface area contributed by atoms with Crippen LogP contribution in [-0.2, 0) is 0 Å². The molecule has 3 rings (SSSR count). The first-order valence-corrected chi connectivity index (χ1v) is 8.58. The number of nitro groups is 1. The maximum absolute atomic E-state index is 13.7. The SMILES string of the molecule is CCN1CCC(Nc2ccc([N+](=O)[O-])c(C)n2)C1c1cc(F)c(F)c(F)c1. The van der Waals surface area contributed by atoms with Gasteiger partial charge in [0.2, 0.25) is 0 Å². The van der Waals surface area contributed by atoms with Gasteiger partial charge in [-0.3, -0.25) is 15.0 Å². The fourth-order valence-electron chi connectivity index (χ4n) is 3.57. The highest BCUT2D eigenvalue weighted by atomic mass is 19.2. The number of hydrogen-bond donors (Lipinski definition) is 1. The summed E-state index contributed by atoms with van der Waals surface area (Å²) < 4.78 is 40.8. The number of anilines is 1. The predicted molar refractivity (Wildman–Crippen MR) is 94.0 cm³/mol. The van der Waals surface area contributed by atoms with Gasteiger partial charge in [-0.05, 0) is 43.7 Å². The first-order valence-electron chi connectivity index (χ1n) is 8.58. The molecule has 0 bridgehead atoms. The smallest absolute Gasteiger partial charge is 0.290 e. The van der Waals surface area contributed by atoms with Gasteiger partial charge in [0.25, 0.3) is 5.69 Å². The molecule has 0 radical (unpaired) electrons. The van der Waals surface area contributed by atoms with Gasteiger partial charge < -0.3 is 5.32 Å². The van der Waals surface area contributed by atoms with Crippen molar-refractivity contribution in [2.75, 3.05) is 18.4 Å². The minimum Gasteiger partial charge on any atom is -0.365 e. The summed E-state index contributed by atoms with van der Waals surface area (Å²) in [5.74, 6) is -3.50. The molecule has 0 aliphatic carbocycles. The van der Waals surface area contributed by atoms with E-state index >= 15 is 0 Å². The summed E-state index contributed by atoms with van der Waals surface area (Å²) in [5.41, 5.74) is 0.522. The van der Waals surface area contributed by atoms with Crippen molar-refractivity contribution >= 4 is 11.5 Å². The van der Waals surface area contributed by atoms with Crippen molar-refractivity contribution in [3.63, 3.8) is 0 Å². The number of hydrogen-bond acceptors (Lipinski definition) is 5. The fourth-order valence-corrected chi connectivity index (χ4v) is 3.57. The topological polar surface area (TPSA) is 71.3 Å². The highest BCUT2D eigenvalue weighted by Crippen LogP contribution is 2.35. The van der Waals surface area contributed by atoms with Crippen LogP contribution in [0.2, 0.25) is 0 Å². The lowest BCUT2D eigenvalue weighted by molar-refractivity contribution is -0.385. The zero-order chi connectivity index (χ0) is 19.7. The highest BCUT2D eigenvalue weighted by molar-refractivity contribution is 5.46. The van der Waals surface area contributed by atoms with Crippen LogP contribution < -0.4 is 5.32 Å². The van der Waals surface area contributed by atoms with E-state index < -0.39 is 22.4 Å². The highest BCUT2D eigenvalue weighted by Gasteiger charge is 2.35. The molecule has 0 amide bonds. The first kappa shape index (κ1) is 19.1. The van der Waals surface area contributed by atoms with Gasteiger partial charge in [0.05, 0.1) is 11.0 Å². The van der Waals surface area contributed by atoms with Crippen molar-refractivity contribution in [2.24, 2.45) is 0 Å². The molecule has 1 N–H and O–H groups in total. The van der Waals surface area contributed by atoms with E-state index in [0.717, 1.165) is 12.1 Å². The number of likely N-dealkylation sites (tertiary alicyclic amines) is 1. The molecule has 0 saturated carbocycles. The number of rotatable bonds is 5. The van der Waals surface area contributed by atoms with Gasteiger partial charge in [0.1, 0.15) is 11.5 Å². The average molecular weight is 380 g/mol. The molecule has 2 atom stereocenters. The molecule has 1 aromatic carbocycles. The lowest BCUT2D eigenvalue weighted by atomic mass is 9.99. The Morgan fingerprint density at radius 2 is 1.96 bits per heavy atom. The van der Waals surface area contributed by atoms with Crippen LogP contribution in [0.4, 0.5) is 24.7 Å². The molecule has 1 aliphatic heterocycles. The third kappa shape index (κ3) is 3.73. The molecule has 1 aromatic heterocycles. The van der Waals surface area contributed by atoms with Crippen LogP contribution >= 0.6 is 0 Å². The van der Waals surface area contributed by atoms with E-state index in [1.54, 1.807) is 6.92 Å². The van der Waals surface area contributed by atoms with Crippen LogP contribution in [0, 0.1) is 34.5 Å². The van der Waals surface area contributed by atoms with Crippen LogP contribution in [-0.4, -0.2) is 33.9 Å². The molecule has 9 heteroatoms. The van der Waals surface area contributed by atoms with E-state index in [1.165, 1.54) is 12.1 Å². The Hall–Kier alpha value is -2.68. The van der Waals surface area contributed by atoms with Gasteiger partial charge in [-0.15, -0.1) is 0 Å². The Bertz CT molecular complexity index is 855. The maximum Gasteiger partial charge on any atom is 0.290 e. The zero-order valence-corrected chi connectivity index (χ0v) is 14.9. The monoisotopic (exact) mass is 380 g/mol. The molecule has 1 saturated heterocycles. The molecule has 2 aromatic rings. The number of aryl methyl sites for hydroxylation is 1. The minimum atomic E-state index is -1.49. The molecule has 144 valence electrons. The second-order valence-corrected chi connectivity index (χ2v) is 6.47. The van der Waals surface area contributed by atoms with Gasteiger partial charge in [0, 0.05) is 18.7 Å². The van der Waals surface area contributed by atoms with Crippen molar-refractivity contribution in [2.45, 2.75) is 32.4 Å². The second-order valence-electron chi connectivity index (χ2n) is 6.47. The first-order chi connectivity index (χ1) is 12.8. The number of benzene rings is 1. The number of aromatic nitrogens is 1. The third-order valence-electron chi connectivity index (χ3n) is 4.84. The summed E-state index contributed by atoms with van der Waals surface area (Å²) in [4.78, 5) is 16.7. The van der Waals surface area contributed by atoms with E-state index in [-0.39, 0.29) is 23.5 Å². The Kier molecular flexibility index (Phi) is 5.31. The normalized spacial score (nSPS) is 20.0. The predicted octanol–water partition coefficient (Wildman–Crippen LogP) is 3.96. The molecule has 6 nitrogen and oxygen atoms in total. The number of nitrogens with one attached hydrogen (secondary N) is 1. The molecule has 27 heavy (non-hydrogen) atoms. The molecule has 1 fully saturated rings. The zero-order valence-electron chi connectivity index (χ0n) is 14.9. The van der Waals surface area contributed by atoms with Crippen LogP contribution in [0.1, 0.15) is 30.6 Å².